The molecule has 0 fully saturated rings. The minimum atomic E-state index is -0.208. The molecule has 21 heavy (non-hydrogen) atoms. The minimum absolute atomic E-state index is 0.126. The monoisotopic (exact) mass is 280 g/mol. The number of aryl methyl sites for hydroxylation is 1. The number of nitrogens with zero attached hydrogens (tertiary/aromatic N) is 1. The topological polar surface area (TPSA) is 55.1 Å². The van der Waals surface area contributed by atoms with E-state index in [-0.39, 0.29) is 11.9 Å². The van der Waals surface area contributed by atoms with Crippen molar-refractivity contribution in [1.29, 1.82) is 0 Å². The summed E-state index contributed by atoms with van der Waals surface area (Å²) in [7, 11) is 0. The normalized spacial score (nSPS) is 12.3. The first-order valence-electron chi connectivity index (χ1n) is 6.85. The number of nitrogens with one attached hydrogen (secondary N) is 1. The van der Waals surface area contributed by atoms with Crippen LogP contribution in [0, 0.1) is 6.92 Å². The maximum Gasteiger partial charge on any atom is 0.287 e. The molecule has 0 radical (unpaired) electrons. The minimum Gasteiger partial charge on any atom is -0.451 e. The second-order valence-electron chi connectivity index (χ2n) is 5.03. The summed E-state index contributed by atoms with van der Waals surface area (Å²) in [6, 6.07) is 11.3. The zero-order valence-electron chi connectivity index (χ0n) is 12.0. The number of pyridine rings is 1. The zero-order valence-corrected chi connectivity index (χ0v) is 12.0. The summed E-state index contributed by atoms with van der Waals surface area (Å²) in [6.45, 7) is 3.82. The van der Waals surface area contributed by atoms with E-state index < -0.39 is 0 Å². The first-order chi connectivity index (χ1) is 10.2. The fourth-order valence-corrected chi connectivity index (χ4v) is 2.37. The number of hydrogen-bond donors (Lipinski definition) is 1. The van der Waals surface area contributed by atoms with Crippen molar-refractivity contribution >= 4 is 16.9 Å². The van der Waals surface area contributed by atoms with Gasteiger partial charge < -0.3 is 9.73 Å². The van der Waals surface area contributed by atoms with Gasteiger partial charge in [-0.15, -0.1) is 0 Å². The zero-order chi connectivity index (χ0) is 14.8. The Labute approximate surface area is 122 Å². The van der Waals surface area contributed by atoms with Crippen LogP contribution >= 0.6 is 0 Å². The van der Waals surface area contributed by atoms with Gasteiger partial charge in [0.2, 0.25) is 0 Å². The van der Waals surface area contributed by atoms with Crippen molar-refractivity contribution in [3.8, 4) is 0 Å². The van der Waals surface area contributed by atoms with Gasteiger partial charge in [0.25, 0.3) is 5.91 Å². The average Bonchev–Trinajstić information content (AvgIpc) is 2.86. The molecule has 1 unspecified atom stereocenters. The highest BCUT2D eigenvalue weighted by Crippen LogP contribution is 2.25. The molecule has 2 heterocycles. The van der Waals surface area contributed by atoms with Crippen LogP contribution in [0.3, 0.4) is 0 Å². The smallest absolute Gasteiger partial charge is 0.287 e. The van der Waals surface area contributed by atoms with E-state index in [1.54, 1.807) is 12.4 Å². The number of hydrogen-bond acceptors (Lipinski definition) is 3. The van der Waals surface area contributed by atoms with Crippen molar-refractivity contribution in [2.75, 3.05) is 0 Å². The number of rotatable bonds is 3. The van der Waals surface area contributed by atoms with Crippen molar-refractivity contribution < 1.29 is 9.21 Å². The van der Waals surface area contributed by atoms with Crippen LogP contribution in [0.5, 0.6) is 0 Å². The van der Waals surface area contributed by atoms with E-state index >= 15 is 0 Å². The van der Waals surface area contributed by atoms with E-state index in [1.807, 2.05) is 50.2 Å². The van der Waals surface area contributed by atoms with E-state index in [0.29, 0.717) is 5.76 Å². The molecule has 0 saturated carbocycles. The van der Waals surface area contributed by atoms with Gasteiger partial charge in [-0.3, -0.25) is 9.78 Å². The second-order valence-corrected chi connectivity index (χ2v) is 5.03. The third-order valence-electron chi connectivity index (χ3n) is 3.58. The van der Waals surface area contributed by atoms with Crippen LogP contribution in [0.15, 0.2) is 53.2 Å². The summed E-state index contributed by atoms with van der Waals surface area (Å²) in [5.74, 6) is 0.159. The molecule has 1 atom stereocenters. The number of furan rings is 1. The highest BCUT2D eigenvalue weighted by atomic mass is 16.3. The Balaban J connectivity index is 1.86. The Hall–Kier alpha value is -2.62. The molecule has 0 saturated heterocycles. The van der Waals surface area contributed by atoms with E-state index in [4.69, 9.17) is 4.42 Å². The molecule has 0 aliphatic carbocycles. The fourth-order valence-electron chi connectivity index (χ4n) is 2.37. The number of aromatic nitrogens is 1. The molecule has 0 aliphatic heterocycles. The SMILES string of the molecule is Cc1c(C(=O)NC(C)c2cccnc2)oc2ccccc12. The van der Waals surface area contributed by atoms with E-state index in [9.17, 15) is 4.79 Å². The lowest BCUT2D eigenvalue weighted by Gasteiger charge is -2.12. The number of fused-ring (bicyclic) bond motifs is 1. The third-order valence-corrected chi connectivity index (χ3v) is 3.58. The van der Waals surface area contributed by atoms with Gasteiger partial charge in [0.15, 0.2) is 5.76 Å². The molecular formula is C17H16N2O2. The first kappa shape index (κ1) is 13.4. The Morgan fingerprint density at radius 2 is 2.05 bits per heavy atom. The molecule has 1 aromatic carbocycles. The predicted octanol–water partition coefficient (Wildman–Crippen LogP) is 3.63. The fraction of sp³-hybridized carbons (Fsp3) is 0.176. The molecule has 3 aromatic rings. The van der Waals surface area contributed by atoms with Crippen molar-refractivity contribution in [3.05, 3.63) is 65.7 Å². The van der Waals surface area contributed by atoms with Gasteiger partial charge in [0.1, 0.15) is 5.58 Å². The molecule has 0 bridgehead atoms. The highest BCUT2D eigenvalue weighted by molar-refractivity contribution is 5.99. The van der Waals surface area contributed by atoms with Crippen LogP contribution < -0.4 is 5.32 Å². The molecule has 1 N–H and O–H groups in total. The van der Waals surface area contributed by atoms with Crippen molar-refractivity contribution in [2.45, 2.75) is 19.9 Å². The van der Waals surface area contributed by atoms with E-state index in [2.05, 4.69) is 10.3 Å². The molecule has 4 nitrogen and oxygen atoms in total. The van der Waals surface area contributed by atoms with Crippen LogP contribution in [0.4, 0.5) is 0 Å². The van der Waals surface area contributed by atoms with Crippen LogP contribution in [-0.2, 0) is 0 Å². The van der Waals surface area contributed by atoms with Crippen molar-refractivity contribution in [1.82, 2.24) is 10.3 Å². The standard InChI is InChI=1S/C17H16N2O2/c1-11-14-7-3-4-8-15(14)21-16(11)17(20)19-12(2)13-6-5-9-18-10-13/h3-10,12H,1-2H3,(H,19,20). The third kappa shape index (κ3) is 2.52. The Bertz CT molecular complexity index is 778. The van der Waals surface area contributed by atoms with Gasteiger partial charge in [-0.05, 0) is 31.5 Å². The summed E-state index contributed by atoms with van der Waals surface area (Å²) in [6.07, 6.45) is 3.46. The Morgan fingerprint density at radius 3 is 2.76 bits per heavy atom. The lowest BCUT2D eigenvalue weighted by atomic mass is 10.1. The van der Waals surface area contributed by atoms with Crippen LogP contribution in [-0.4, -0.2) is 10.9 Å². The largest absolute Gasteiger partial charge is 0.451 e. The van der Waals surface area contributed by atoms with Crippen LogP contribution in [0.25, 0.3) is 11.0 Å². The molecule has 4 heteroatoms. The Morgan fingerprint density at radius 1 is 1.24 bits per heavy atom. The van der Waals surface area contributed by atoms with Gasteiger partial charge in [0.05, 0.1) is 6.04 Å². The van der Waals surface area contributed by atoms with Crippen molar-refractivity contribution in [2.24, 2.45) is 0 Å². The quantitative estimate of drug-likeness (QED) is 0.797. The molecule has 106 valence electrons. The van der Waals surface area contributed by atoms with Gasteiger partial charge in [0, 0.05) is 23.3 Å². The van der Waals surface area contributed by atoms with E-state index in [0.717, 1.165) is 22.1 Å². The van der Waals surface area contributed by atoms with Gasteiger partial charge in [-0.1, -0.05) is 24.3 Å². The number of amides is 1. The molecule has 0 spiro atoms. The molecular weight excluding hydrogens is 264 g/mol. The van der Waals surface area contributed by atoms with Gasteiger partial charge >= 0.3 is 0 Å². The molecule has 1 amide bonds. The van der Waals surface area contributed by atoms with Crippen molar-refractivity contribution in [3.63, 3.8) is 0 Å². The average molecular weight is 280 g/mol. The highest BCUT2D eigenvalue weighted by Gasteiger charge is 2.19. The maximum atomic E-state index is 12.4. The number of benzene rings is 1. The summed E-state index contributed by atoms with van der Waals surface area (Å²) in [5.41, 5.74) is 2.55. The summed E-state index contributed by atoms with van der Waals surface area (Å²) in [5, 5.41) is 3.91. The van der Waals surface area contributed by atoms with Crippen LogP contribution in [0.1, 0.15) is 34.6 Å². The molecule has 2 aromatic heterocycles. The van der Waals surface area contributed by atoms with Gasteiger partial charge in [-0.2, -0.15) is 0 Å². The number of carbonyl (C=O) groups is 1. The Kier molecular flexibility index (Phi) is 3.44. The van der Waals surface area contributed by atoms with Gasteiger partial charge in [-0.25, -0.2) is 0 Å². The lowest BCUT2D eigenvalue weighted by Crippen LogP contribution is -2.26. The molecule has 3 rings (SSSR count). The summed E-state index contributed by atoms with van der Waals surface area (Å²) < 4.78 is 5.67. The lowest BCUT2D eigenvalue weighted by molar-refractivity contribution is 0.0913. The summed E-state index contributed by atoms with van der Waals surface area (Å²) in [4.78, 5) is 16.5. The number of carbonyl (C=O) groups excluding carboxylic acids is 1. The number of para-hydroxylation sites is 1. The first-order valence-corrected chi connectivity index (χ1v) is 6.85. The predicted molar refractivity (Wildman–Crippen MR) is 81.1 cm³/mol. The second kappa shape index (κ2) is 5.40. The molecule has 0 aliphatic rings. The van der Waals surface area contributed by atoms with Crippen LogP contribution in [0.2, 0.25) is 0 Å². The maximum absolute atomic E-state index is 12.4. The van der Waals surface area contributed by atoms with E-state index in [1.165, 1.54) is 0 Å². The summed E-state index contributed by atoms with van der Waals surface area (Å²) >= 11 is 0.